The highest BCUT2D eigenvalue weighted by Crippen LogP contribution is 2.29. The van der Waals surface area contributed by atoms with Gasteiger partial charge in [0.15, 0.2) is 11.6 Å². The van der Waals surface area contributed by atoms with Crippen LogP contribution in [0.3, 0.4) is 0 Å². The predicted molar refractivity (Wildman–Crippen MR) is 500 cm³/mol. The first-order valence-electron chi connectivity index (χ1n) is 45.0. The molecule has 740 valence electrons. The predicted octanol–water partition coefficient (Wildman–Crippen LogP) is -0.546. The van der Waals surface area contributed by atoms with Crippen molar-refractivity contribution in [3.8, 4) is 11.5 Å². The molecule has 7 aromatic rings. The summed E-state index contributed by atoms with van der Waals surface area (Å²) in [6.07, 6.45) is -6.19. The number of para-hydroxylation sites is 1. The molecule has 3 aliphatic rings. The number of likely N-dealkylation sites (N-methyl/N-ethyl adjacent to an activating group) is 3. The van der Waals surface area contributed by atoms with E-state index in [9.17, 15) is 53.6 Å². The number of primary amides is 1. The van der Waals surface area contributed by atoms with Crippen LogP contribution in [0.2, 0.25) is 0 Å². The third-order valence-corrected chi connectivity index (χ3v) is 25.4. The molecule has 0 aliphatic carbocycles. The van der Waals surface area contributed by atoms with Crippen LogP contribution in [0.1, 0.15) is 85.8 Å². The molecule has 3 fully saturated rings. The number of benzene rings is 6. The van der Waals surface area contributed by atoms with Crippen molar-refractivity contribution in [1.82, 2.24) is 77.3 Å². The second-order valence-electron chi connectivity index (χ2n) is 34.7. The topological polar surface area (TPSA) is 565 Å². The molecule has 138 heavy (non-hydrogen) atoms. The van der Waals surface area contributed by atoms with Crippen LogP contribution in [0.25, 0.3) is 10.9 Å². The third kappa shape index (κ3) is 29.1. The number of carbonyl (C=O) groups excluding carboxylic acids is 15. The fourth-order valence-electron chi connectivity index (χ4n) is 16.8. The molecule has 0 unspecified atom stereocenters. The van der Waals surface area contributed by atoms with Crippen LogP contribution < -0.4 is 64.1 Å². The Labute approximate surface area is 799 Å². The Kier molecular flexibility index (Phi) is 38.6. The largest absolute Gasteiger partial charge is 0.508 e. The number of carboxylic acids is 1. The van der Waals surface area contributed by atoms with Crippen molar-refractivity contribution in [2.75, 3.05) is 79.7 Å². The van der Waals surface area contributed by atoms with E-state index in [0.717, 1.165) is 42.7 Å². The molecule has 0 radical (unpaired) electrons. The number of aliphatic hydroxyl groups excluding tert-OH is 2. The van der Waals surface area contributed by atoms with E-state index in [1.54, 1.807) is 115 Å². The lowest BCUT2D eigenvalue weighted by molar-refractivity contribution is -0.153. The van der Waals surface area contributed by atoms with Crippen LogP contribution in [0.4, 0.5) is 8.78 Å². The fourth-order valence-corrected chi connectivity index (χ4v) is 17.7. The van der Waals surface area contributed by atoms with E-state index in [4.69, 9.17) is 20.9 Å². The first-order chi connectivity index (χ1) is 65.8. The van der Waals surface area contributed by atoms with Gasteiger partial charge in [-0.15, -0.1) is 11.8 Å². The molecule has 6 aromatic carbocycles. The van der Waals surface area contributed by atoms with Crippen LogP contribution in [0.15, 0.2) is 158 Å². The number of methoxy groups -OCH3 is 2. The number of carbonyl (C=O) groups is 16. The lowest BCUT2D eigenvalue weighted by Crippen LogP contribution is -2.62. The number of carboxylic acid groups (broad SMARTS) is 1. The summed E-state index contributed by atoms with van der Waals surface area (Å²) in [5, 5.41) is 68.1. The summed E-state index contributed by atoms with van der Waals surface area (Å²) in [5.41, 5.74) is 14.2. The van der Waals surface area contributed by atoms with Crippen LogP contribution in [0.5, 0.6) is 11.5 Å². The van der Waals surface area contributed by atoms with Crippen LogP contribution in [0, 0.1) is 17.6 Å². The monoisotopic (exact) mass is 1930 g/mol. The van der Waals surface area contributed by atoms with Crippen LogP contribution in [-0.2, 0) is 120 Å². The molecule has 0 spiro atoms. The fraction of sp³-hybridized carbons (Fsp3) is 0.438. The average molecular weight is 1930 g/mol. The zero-order chi connectivity index (χ0) is 100. The molecule has 39 nitrogen and oxygen atoms in total. The van der Waals surface area contributed by atoms with Gasteiger partial charge in [-0.3, -0.25) is 76.7 Å². The second-order valence-corrected chi connectivity index (χ2v) is 35.8. The minimum absolute atomic E-state index is 0.0237. The number of nitrogens with one attached hydrogen (secondary N) is 10. The summed E-state index contributed by atoms with van der Waals surface area (Å²) in [6, 6.07) is 15.9. The molecule has 3 aliphatic heterocycles. The molecule has 15 amide bonds. The Morgan fingerprint density at radius 1 is 0.514 bits per heavy atom. The number of rotatable bonds is 25. The van der Waals surface area contributed by atoms with Gasteiger partial charge in [-0.25, -0.2) is 8.78 Å². The highest BCUT2D eigenvalue weighted by molar-refractivity contribution is 8.00. The normalized spacial score (nSPS) is 24.2. The first kappa shape index (κ1) is 106. The van der Waals surface area contributed by atoms with E-state index in [1.165, 1.54) is 73.5 Å². The lowest BCUT2D eigenvalue weighted by Gasteiger charge is -2.37. The number of aromatic nitrogens is 1. The molecule has 0 bridgehead atoms. The number of hydrogen-bond donors (Lipinski definition) is 16. The van der Waals surface area contributed by atoms with Crippen LogP contribution >= 0.6 is 11.8 Å². The Morgan fingerprint density at radius 2 is 1.01 bits per heavy atom. The number of aromatic hydroxyl groups is 1. The zero-order valence-corrected chi connectivity index (χ0v) is 78.2. The summed E-state index contributed by atoms with van der Waals surface area (Å²) in [4.78, 5) is 247. The molecule has 3 saturated heterocycles. The van der Waals surface area contributed by atoms with Crippen molar-refractivity contribution in [3.05, 3.63) is 203 Å². The molecule has 10 rings (SSSR count). The molecule has 18 N–H and O–H groups in total. The third-order valence-electron chi connectivity index (χ3n) is 24.4. The molecule has 1 aromatic heterocycles. The number of hydrogen-bond acceptors (Lipinski definition) is 23. The van der Waals surface area contributed by atoms with E-state index in [2.05, 4.69) is 52.8 Å². The van der Waals surface area contributed by atoms with Gasteiger partial charge in [-0.1, -0.05) is 123 Å². The number of nitrogens with two attached hydrogens (primary N) is 2. The maximum absolute atomic E-state index is 15.9. The molecular formula is C96H119F2N17O22S. The minimum atomic E-state index is -2.05. The van der Waals surface area contributed by atoms with Gasteiger partial charge in [-0.05, 0) is 101 Å². The first-order valence-corrected chi connectivity index (χ1v) is 46.2. The molecular weight excluding hydrogens is 1810 g/mol. The number of H-pyrrole nitrogens is 1. The summed E-state index contributed by atoms with van der Waals surface area (Å²) in [5.74, 6) is -21.6. The quantitative estimate of drug-likeness (QED) is 0.0341. The SMILES string of the molecule is COCC[C@H]1C(=O)N2C[C@@H](O)C[C@@H]2C(=O)N[C@@H](CC(=O)O)C(=O)N[C@@H](C(C)C)C(=O)N(C)[C@H](Cc2ccccc2)C(=O)N[C@H](Cc2ccc(OC)cc2)C(=O)N2C[C@@H](O)C[C@@H]2C(=O)N[C@@H](Cc2c[nH]c3ccccc23)C(=O)N[C@@H](Cc2ccc(O)cc2)C(=O)N[C@@H](CCCN)C(=O)N[C@H](C(=O)NCC(N)=O)CSCC(=O)N[C@@H](Cc2ccc(F)c(F)c2)C(=O)N(C)[C@@H](Cc2ccccc2)C(=O)N1C. The Bertz CT molecular complexity index is 5500. The van der Waals surface area contributed by atoms with Gasteiger partial charge < -0.3 is 119 Å². The van der Waals surface area contributed by atoms with E-state index < -0.39 is 260 Å². The number of phenols is 1. The van der Waals surface area contributed by atoms with Gasteiger partial charge in [-0.2, -0.15) is 0 Å². The van der Waals surface area contributed by atoms with E-state index in [0.29, 0.717) is 56.2 Å². The number of thioether (sulfide) groups is 1. The van der Waals surface area contributed by atoms with E-state index in [-0.39, 0.29) is 75.8 Å². The number of halogens is 2. The van der Waals surface area contributed by atoms with Gasteiger partial charge in [0, 0.05) is 129 Å². The number of aliphatic hydroxyl groups is 2. The number of fused-ring (bicyclic) bond motifs is 3. The summed E-state index contributed by atoms with van der Waals surface area (Å²) >= 11 is 0.685. The number of amides is 15. The van der Waals surface area contributed by atoms with Gasteiger partial charge in [0.1, 0.15) is 90.0 Å². The average Bonchev–Trinajstić information content (AvgIpc) is 1.65. The van der Waals surface area contributed by atoms with Crippen molar-refractivity contribution in [3.63, 3.8) is 0 Å². The van der Waals surface area contributed by atoms with Crippen molar-refractivity contribution < 1.29 is 115 Å². The van der Waals surface area contributed by atoms with Crippen molar-refractivity contribution in [1.29, 1.82) is 0 Å². The maximum Gasteiger partial charge on any atom is 0.305 e. The summed E-state index contributed by atoms with van der Waals surface area (Å²) < 4.78 is 40.7. The van der Waals surface area contributed by atoms with Gasteiger partial charge in [0.25, 0.3) is 0 Å². The number of aliphatic carboxylic acids is 1. The molecule has 0 saturated carbocycles. The molecule has 15 atom stereocenters. The van der Waals surface area contributed by atoms with E-state index >= 15 is 52.3 Å². The van der Waals surface area contributed by atoms with Gasteiger partial charge in [0.05, 0.1) is 38.0 Å². The number of nitrogens with zero attached hydrogens (tertiary/aromatic N) is 5. The summed E-state index contributed by atoms with van der Waals surface area (Å²) in [6.45, 7) is 0.833. The second kappa shape index (κ2) is 50.2. The van der Waals surface area contributed by atoms with Crippen molar-refractivity contribution >= 4 is 117 Å². The Morgan fingerprint density at radius 3 is 1.60 bits per heavy atom. The number of phenolic OH excluding ortho intramolecular Hbond substituents is 1. The molecule has 4 heterocycles. The van der Waals surface area contributed by atoms with Gasteiger partial charge >= 0.3 is 5.97 Å². The Hall–Kier alpha value is -14.0. The number of aromatic amines is 1. The van der Waals surface area contributed by atoms with E-state index in [1.807, 2.05) is 0 Å². The zero-order valence-electron chi connectivity index (χ0n) is 77.4. The summed E-state index contributed by atoms with van der Waals surface area (Å²) in [7, 11) is 6.37. The van der Waals surface area contributed by atoms with Gasteiger partial charge in [0.2, 0.25) is 88.6 Å². The minimum Gasteiger partial charge on any atom is -0.508 e. The smallest absolute Gasteiger partial charge is 0.305 e. The lowest BCUT2D eigenvalue weighted by atomic mass is 9.98. The highest BCUT2D eigenvalue weighted by atomic mass is 32.2. The van der Waals surface area contributed by atoms with Crippen LogP contribution in [-0.4, -0.2) is 315 Å². The maximum atomic E-state index is 15.9. The molecule has 42 heteroatoms. The Balaban J connectivity index is 1.07. The number of ether oxygens (including phenoxy) is 2. The van der Waals surface area contributed by atoms with Crippen molar-refractivity contribution in [2.24, 2.45) is 17.4 Å². The standard InChI is InChI=1S/C96H119F2N17O22S/c1-53(2)83-96(135)112(4)76(41-54-17-10-8-11-18-54)89(128)108-73(39-57-26-31-63(137-7)32-27-57)93(132)114-49-61(117)44-77(114)90(129)106-70(43-59-47-101-67-22-15-14-21-64(59)67)87(126)105-69(38-56-24-29-60(116)30-25-56)86(125)104-68(23-16-35-99)85(124)109-74(84(123)102-48-80(100)119)51-138-52-81(120)103-72(40-58-28-33-65(97)66(98)37-58)92(131)113(5)79(42-55-19-12-9-13-20-55)94(133)111(3)75(34-36-136-6)95(134)115-50-62(118)45-78(115)91(130)107-71(46-82(121)122)88(127)110-83/h8-15,17-22,24-33,37,47,53,61-62,68-79,83,101,116-118H,16,23,34-36,38-46,48-52,99H2,1-7H3,(H2,100,119)(H,102,123)(H,103,120)(H,104,125)(H,105,126)(H,106,129)(H,107,130)(H,108,128)(H,109,124)(H,110,127)(H,121,122)/t61-,62-,68-,69-,70-,71-,72-,73+,74-,75-,76+,77+,78+,79-,83-/m0/s1. The van der Waals surface area contributed by atoms with Crippen molar-refractivity contribution in [2.45, 2.75) is 182 Å². The highest BCUT2D eigenvalue weighted by Gasteiger charge is 2.48.